The van der Waals surface area contributed by atoms with Gasteiger partial charge in [-0.05, 0) is 17.7 Å². The number of benzene rings is 2. The molecule has 1 aliphatic heterocycles. The number of quaternary nitrogens is 1. The molecule has 2 unspecified atom stereocenters. The maximum atomic E-state index is 14.6. The first-order valence-corrected chi connectivity index (χ1v) is 7.85. The van der Waals surface area contributed by atoms with Crippen molar-refractivity contribution in [1.29, 1.82) is 0 Å². The van der Waals surface area contributed by atoms with Gasteiger partial charge in [-0.2, -0.15) is 9.18 Å². The molecule has 0 saturated carbocycles. The smallest absolute Gasteiger partial charge is 0.413 e. The molecule has 24 heavy (non-hydrogen) atoms. The summed E-state index contributed by atoms with van der Waals surface area (Å²) < 4.78 is 24.6. The minimum atomic E-state index is -1.54. The lowest BCUT2D eigenvalue weighted by molar-refractivity contribution is -0.887. The van der Waals surface area contributed by atoms with Crippen LogP contribution in [0.4, 0.5) is 14.9 Å². The molecule has 2 atom stereocenters. The molecule has 0 bridgehead atoms. The highest BCUT2D eigenvalue weighted by Crippen LogP contribution is 2.24. The summed E-state index contributed by atoms with van der Waals surface area (Å²) in [7, 11) is 0. The van der Waals surface area contributed by atoms with Gasteiger partial charge in [0.2, 0.25) is 0 Å². The fourth-order valence-corrected chi connectivity index (χ4v) is 2.61. The molecule has 0 aliphatic carbocycles. The van der Waals surface area contributed by atoms with Crippen molar-refractivity contribution in [3.05, 3.63) is 66.2 Å². The van der Waals surface area contributed by atoms with Crippen LogP contribution in [-0.2, 0) is 16.1 Å². The number of para-hydroxylation sites is 1. The first kappa shape index (κ1) is 16.4. The predicted octanol–water partition coefficient (Wildman–Crippen LogP) is 3.49. The number of morpholine rings is 1. The molecule has 126 valence electrons. The van der Waals surface area contributed by atoms with Crippen LogP contribution in [0.1, 0.15) is 5.56 Å². The van der Waals surface area contributed by atoms with Crippen molar-refractivity contribution in [3.63, 3.8) is 0 Å². The van der Waals surface area contributed by atoms with E-state index in [1.165, 1.54) is 0 Å². The number of halogens is 1. The molecular formula is C18H20FN2O3+. The van der Waals surface area contributed by atoms with Crippen molar-refractivity contribution in [1.82, 2.24) is 0 Å². The van der Waals surface area contributed by atoms with E-state index < -0.39 is 17.0 Å². The second kappa shape index (κ2) is 7.42. The van der Waals surface area contributed by atoms with Gasteiger partial charge in [0.15, 0.2) is 0 Å². The number of carbonyl (C=O) groups is 1. The number of ether oxygens (including phenoxy) is 2. The topological polar surface area (TPSA) is 47.6 Å². The highest BCUT2D eigenvalue weighted by atomic mass is 19.1. The van der Waals surface area contributed by atoms with Crippen LogP contribution in [0.15, 0.2) is 60.7 Å². The van der Waals surface area contributed by atoms with Crippen LogP contribution in [-0.4, -0.2) is 36.7 Å². The van der Waals surface area contributed by atoms with Gasteiger partial charge in [-0.3, -0.25) is 0 Å². The monoisotopic (exact) mass is 331 g/mol. The third kappa shape index (κ3) is 3.55. The average molecular weight is 331 g/mol. The summed E-state index contributed by atoms with van der Waals surface area (Å²) in [4.78, 5) is 12.7. The van der Waals surface area contributed by atoms with Gasteiger partial charge in [-0.25, -0.2) is 5.43 Å². The summed E-state index contributed by atoms with van der Waals surface area (Å²) in [5.74, 6) is 0. The number of rotatable bonds is 4. The molecule has 1 fully saturated rings. The van der Waals surface area contributed by atoms with E-state index in [4.69, 9.17) is 9.47 Å². The summed E-state index contributed by atoms with van der Waals surface area (Å²) in [5, 5.41) is 0. The van der Waals surface area contributed by atoms with E-state index >= 15 is 0 Å². The predicted molar refractivity (Wildman–Crippen MR) is 87.5 cm³/mol. The minimum absolute atomic E-state index is 0.101. The van der Waals surface area contributed by atoms with E-state index in [0.717, 1.165) is 5.56 Å². The maximum absolute atomic E-state index is 14.6. The van der Waals surface area contributed by atoms with Gasteiger partial charge in [0, 0.05) is 0 Å². The zero-order valence-electron chi connectivity index (χ0n) is 13.2. The lowest BCUT2D eigenvalue weighted by atomic mass is 10.2. The summed E-state index contributed by atoms with van der Waals surface area (Å²) in [5.41, 5.74) is 4.49. The lowest BCUT2D eigenvalue weighted by Crippen LogP contribution is -2.66. The highest BCUT2D eigenvalue weighted by molar-refractivity contribution is 5.62. The molecule has 1 aliphatic rings. The summed E-state index contributed by atoms with van der Waals surface area (Å²) in [6.07, 6.45) is -2.19. The second-order valence-corrected chi connectivity index (χ2v) is 5.62. The Morgan fingerprint density at radius 2 is 1.83 bits per heavy atom. The molecule has 2 aromatic rings. The number of alkyl halides is 1. The standard InChI is InChI=1S/C18H20FN2O3/c19-17-14-23-12-11-21(17,20-16-9-5-2-6-10-16)18(22)24-13-15-7-3-1-4-8-15/h1-10,17,20H,11-14H2/q+1. The Kier molecular flexibility index (Phi) is 5.08. The number of nitrogens with one attached hydrogen (secondary N) is 1. The van der Waals surface area contributed by atoms with Crippen molar-refractivity contribution >= 4 is 11.8 Å². The zero-order chi connectivity index (χ0) is 16.8. The van der Waals surface area contributed by atoms with Gasteiger partial charge in [0.1, 0.15) is 19.8 Å². The minimum Gasteiger partial charge on any atom is -0.413 e. The van der Waals surface area contributed by atoms with Crippen molar-refractivity contribution < 1.29 is 23.3 Å². The van der Waals surface area contributed by atoms with Crippen LogP contribution in [0.5, 0.6) is 0 Å². The Morgan fingerprint density at radius 1 is 1.17 bits per heavy atom. The van der Waals surface area contributed by atoms with Crippen LogP contribution in [0.2, 0.25) is 0 Å². The van der Waals surface area contributed by atoms with Gasteiger partial charge >= 0.3 is 6.09 Å². The second-order valence-electron chi connectivity index (χ2n) is 5.62. The Morgan fingerprint density at radius 3 is 2.50 bits per heavy atom. The first-order chi connectivity index (χ1) is 11.7. The average Bonchev–Trinajstić information content (AvgIpc) is 2.63. The van der Waals surface area contributed by atoms with Crippen molar-refractivity contribution in [3.8, 4) is 0 Å². The third-order valence-electron chi connectivity index (χ3n) is 3.96. The van der Waals surface area contributed by atoms with Gasteiger partial charge < -0.3 is 9.47 Å². The molecule has 1 N–H and O–H groups in total. The van der Waals surface area contributed by atoms with Crippen LogP contribution in [0.25, 0.3) is 0 Å². The van der Waals surface area contributed by atoms with E-state index in [1.54, 1.807) is 12.1 Å². The molecule has 6 heteroatoms. The molecular weight excluding hydrogens is 311 g/mol. The molecule has 1 amide bonds. The van der Waals surface area contributed by atoms with Crippen LogP contribution < -0.4 is 5.43 Å². The molecule has 1 heterocycles. The number of hydrogen-bond donors (Lipinski definition) is 1. The first-order valence-electron chi connectivity index (χ1n) is 7.85. The highest BCUT2D eigenvalue weighted by Gasteiger charge is 2.50. The maximum Gasteiger partial charge on any atom is 0.544 e. The number of nitrogens with zero attached hydrogens (tertiary/aromatic N) is 1. The van der Waals surface area contributed by atoms with E-state index in [2.05, 4.69) is 5.43 Å². The number of carbonyl (C=O) groups excluding carboxylic acids is 1. The fourth-order valence-electron chi connectivity index (χ4n) is 2.61. The fraction of sp³-hybridized carbons (Fsp3) is 0.278. The Balaban J connectivity index is 1.77. The summed E-state index contributed by atoms with van der Waals surface area (Å²) in [6, 6.07) is 18.4. The molecule has 2 aromatic carbocycles. The number of amides is 1. The van der Waals surface area contributed by atoms with Gasteiger partial charge in [-0.15, -0.1) is 0 Å². The molecule has 5 nitrogen and oxygen atoms in total. The normalized spacial score (nSPS) is 23.5. The van der Waals surface area contributed by atoms with E-state index in [0.29, 0.717) is 5.69 Å². The van der Waals surface area contributed by atoms with Gasteiger partial charge in [0.05, 0.1) is 12.3 Å². The largest absolute Gasteiger partial charge is 0.544 e. The number of anilines is 1. The SMILES string of the molecule is O=C(OCc1ccccc1)[N+]1(Nc2ccccc2)CCOCC1F. The number of hydrogen-bond acceptors (Lipinski definition) is 4. The Labute approximate surface area is 140 Å². The van der Waals surface area contributed by atoms with Crippen LogP contribution in [0, 0.1) is 0 Å². The quantitative estimate of drug-likeness (QED) is 0.688. The van der Waals surface area contributed by atoms with E-state index in [1.807, 2.05) is 48.5 Å². The zero-order valence-corrected chi connectivity index (χ0v) is 13.2. The summed E-state index contributed by atoms with van der Waals surface area (Å²) in [6.45, 7) is 0.383. The van der Waals surface area contributed by atoms with E-state index in [-0.39, 0.29) is 26.4 Å². The molecule has 1 saturated heterocycles. The molecule has 0 radical (unpaired) electrons. The van der Waals surface area contributed by atoms with Crippen molar-refractivity contribution in [2.75, 3.05) is 25.2 Å². The van der Waals surface area contributed by atoms with Gasteiger partial charge in [-0.1, -0.05) is 53.1 Å². The Hall–Kier alpha value is -2.44. The van der Waals surface area contributed by atoms with E-state index in [9.17, 15) is 9.18 Å². The van der Waals surface area contributed by atoms with Crippen LogP contribution >= 0.6 is 0 Å². The molecule has 3 rings (SSSR count). The Bertz CT molecular complexity index is 668. The molecule has 0 spiro atoms. The van der Waals surface area contributed by atoms with Gasteiger partial charge in [0.25, 0.3) is 6.30 Å². The lowest BCUT2D eigenvalue weighted by Gasteiger charge is -2.38. The molecule has 0 aromatic heterocycles. The van der Waals surface area contributed by atoms with Crippen LogP contribution in [0.3, 0.4) is 0 Å². The van der Waals surface area contributed by atoms with Crippen molar-refractivity contribution in [2.24, 2.45) is 0 Å². The van der Waals surface area contributed by atoms with Crippen molar-refractivity contribution in [2.45, 2.75) is 12.9 Å². The summed E-state index contributed by atoms with van der Waals surface area (Å²) >= 11 is 0. The third-order valence-corrected chi connectivity index (χ3v) is 3.96.